The third-order valence-electron chi connectivity index (χ3n) is 6.95. The van der Waals surface area contributed by atoms with Crippen LogP contribution in [0.4, 0.5) is 5.69 Å². The molecule has 0 spiro atoms. The monoisotopic (exact) mass is 581 g/mol. The maximum Gasteiger partial charge on any atom is 0.243 e. The van der Waals surface area contributed by atoms with Gasteiger partial charge in [-0.25, -0.2) is 8.42 Å². The van der Waals surface area contributed by atoms with Gasteiger partial charge in [-0.15, -0.1) is 0 Å². The average molecular weight is 583 g/mol. The van der Waals surface area contributed by atoms with Crippen LogP contribution in [0.1, 0.15) is 63.0 Å². The number of halogens is 2. The number of rotatable bonds is 12. The van der Waals surface area contributed by atoms with Gasteiger partial charge in [-0.1, -0.05) is 66.7 Å². The Balaban J connectivity index is 1.79. The van der Waals surface area contributed by atoms with Gasteiger partial charge >= 0.3 is 0 Å². The number of nitrogens with zero attached hydrogens (tertiary/aromatic N) is 2. The van der Waals surface area contributed by atoms with Crippen LogP contribution in [0, 0.1) is 6.92 Å². The first-order valence-corrected chi connectivity index (χ1v) is 15.7. The van der Waals surface area contributed by atoms with E-state index in [1.807, 2.05) is 26.0 Å². The molecule has 1 aliphatic rings. The second kappa shape index (κ2) is 13.7. The summed E-state index contributed by atoms with van der Waals surface area (Å²) in [6.07, 6.45) is 5.96. The SMILES string of the molecule is CC[C@@H](C(=O)NC1CCCC1)N(Cc1c(Cl)cccc1Cl)C(=O)CCCN(c1ccc(C)cc1)S(C)(=O)=O. The van der Waals surface area contributed by atoms with E-state index in [4.69, 9.17) is 23.2 Å². The summed E-state index contributed by atoms with van der Waals surface area (Å²) in [5.74, 6) is -0.444. The van der Waals surface area contributed by atoms with Crippen LogP contribution in [-0.2, 0) is 26.2 Å². The number of nitrogens with one attached hydrogen (secondary N) is 1. The molecule has 3 rings (SSSR count). The van der Waals surface area contributed by atoms with Gasteiger partial charge in [-0.3, -0.25) is 13.9 Å². The standard InChI is InChI=1S/C28H37Cl2N3O4S/c1-4-26(28(35)31-21-9-5-6-10-21)32(19-23-24(29)11-7-12-25(23)30)27(34)13-8-18-33(38(3,36)37)22-16-14-20(2)15-17-22/h7,11-12,14-17,21,26H,4-6,8-10,13,18-19H2,1-3H3,(H,31,35)/t26-/m0/s1. The lowest BCUT2D eigenvalue weighted by Gasteiger charge is -2.32. The van der Waals surface area contributed by atoms with E-state index in [0.29, 0.717) is 27.7 Å². The van der Waals surface area contributed by atoms with Crippen molar-refractivity contribution in [2.24, 2.45) is 0 Å². The van der Waals surface area contributed by atoms with E-state index in [1.54, 1.807) is 30.3 Å². The molecule has 2 aromatic rings. The van der Waals surface area contributed by atoms with Crippen LogP contribution in [0.25, 0.3) is 0 Å². The number of hydrogen-bond acceptors (Lipinski definition) is 4. The molecule has 1 saturated carbocycles. The molecule has 38 heavy (non-hydrogen) atoms. The molecule has 0 heterocycles. The summed E-state index contributed by atoms with van der Waals surface area (Å²) in [7, 11) is -3.55. The molecule has 0 bridgehead atoms. The normalized spacial score (nSPS) is 14.8. The Hall–Kier alpha value is -2.29. The first-order chi connectivity index (χ1) is 18.0. The van der Waals surface area contributed by atoms with Crippen molar-refractivity contribution in [1.82, 2.24) is 10.2 Å². The molecule has 1 atom stereocenters. The molecule has 7 nitrogen and oxygen atoms in total. The van der Waals surface area contributed by atoms with Crippen molar-refractivity contribution in [2.75, 3.05) is 17.1 Å². The molecule has 2 amide bonds. The summed E-state index contributed by atoms with van der Waals surface area (Å²) in [4.78, 5) is 28.5. The van der Waals surface area contributed by atoms with E-state index in [1.165, 1.54) is 9.21 Å². The molecule has 0 radical (unpaired) electrons. The lowest BCUT2D eigenvalue weighted by Crippen LogP contribution is -2.51. The van der Waals surface area contributed by atoms with Crippen molar-refractivity contribution in [3.8, 4) is 0 Å². The highest BCUT2D eigenvalue weighted by molar-refractivity contribution is 7.92. The Morgan fingerprint density at radius 1 is 1.05 bits per heavy atom. The molecule has 1 aliphatic carbocycles. The summed E-state index contributed by atoms with van der Waals surface area (Å²) in [6, 6.07) is 11.8. The maximum atomic E-state index is 13.6. The molecule has 0 saturated heterocycles. The highest BCUT2D eigenvalue weighted by Crippen LogP contribution is 2.28. The lowest BCUT2D eigenvalue weighted by molar-refractivity contribution is -0.141. The highest BCUT2D eigenvalue weighted by atomic mass is 35.5. The predicted molar refractivity (Wildman–Crippen MR) is 154 cm³/mol. The van der Waals surface area contributed by atoms with Crippen molar-refractivity contribution in [3.05, 3.63) is 63.6 Å². The third-order valence-corrected chi connectivity index (χ3v) is 8.85. The fourth-order valence-electron chi connectivity index (χ4n) is 4.86. The van der Waals surface area contributed by atoms with E-state index >= 15 is 0 Å². The predicted octanol–water partition coefficient (Wildman–Crippen LogP) is 5.71. The van der Waals surface area contributed by atoms with Crippen LogP contribution in [0.2, 0.25) is 10.0 Å². The number of anilines is 1. The van der Waals surface area contributed by atoms with E-state index < -0.39 is 16.1 Å². The van der Waals surface area contributed by atoms with Crippen LogP contribution in [0.3, 0.4) is 0 Å². The van der Waals surface area contributed by atoms with Gasteiger partial charge in [0.05, 0.1) is 11.9 Å². The lowest BCUT2D eigenvalue weighted by atomic mass is 10.1. The molecular weight excluding hydrogens is 545 g/mol. The van der Waals surface area contributed by atoms with Gasteiger partial charge in [0.15, 0.2) is 0 Å². The van der Waals surface area contributed by atoms with Crippen LogP contribution in [-0.4, -0.2) is 50.0 Å². The van der Waals surface area contributed by atoms with Gasteiger partial charge in [0, 0.05) is 41.2 Å². The summed E-state index contributed by atoms with van der Waals surface area (Å²) in [5, 5.41) is 3.95. The molecule has 208 valence electrons. The second-order valence-corrected chi connectivity index (χ2v) is 12.6. The van der Waals surface area contributed by atoms with Gasteiger partial charge in [0.2, 0.25) is 21.8 Å². The minimum Gasteiger partial charge on any atom is -0.352 e. The molecule has 0 aromatic heterocycles. The van der Waals surface area contributed by atoms with Gasteiger partial charge in [0.1, 0.15) is 6.04 Å². The number of sulfonamides is 1. The minimum absolute atomic E-state index is 0.0627. The van der Waals surface area contributed by atoms with Crippen molar-refractivity contribution >= 4 is 50.7 Å². The van der Waals surface area contributed by atoms with Gasteiger partial charge in [-0.05, 0) is 56.9 Å². The van der Waals surface area contributed by atoms with Crippen molar-refractivity contribution < 1.29 is 18.0 Å². The third kappa shape index (κ3) is 8.10. The number of aryl methyl sites for hydroxylation is 1. The number of amides is 2. The van der Waals surface area contributed by atoms with Crippen molar-refractivity contribution in [2.45, 2.75) is 77.4 Å². The first-order valence-electron chi connectivity index (χ1n) is 13.1. The minimum atomic E-state index is -3.55. The van der Waals surface area contributed by atoms with E-state index in [9.17, 15) is 18.0 Å². The molecule has 1 fully saturated rings. The highest BCUT2D eigenvalue weighted by Gasteiger charge is 2.31. The summed E-state index contributed by atoms with van der Waals surface area (Å²) in [5.41, 5.74) is 2.15. The smallest absolute Gasteiger partial charge is 0.243 e. The number of hydrogen-bond donors (Lipinski definition) is 1. The van der Waals surface area contributed by atoms with Crippen molar-refractivity contribution in [3.63, 3.8) is 0 Å². The van der Waals surface area contributed by atoms with Gasteiger partial charge < -0.3 is 10.2 Å². The Morgan fingerprint density at radius 3 is 2.21 bits per heavy atom. The van der Waals surface area contributed by atoms with E-state index in [0.717, 1.165) is 37.5 Å². The zero-order chi connectivity index (χ0) is 27.9. The summed E-state index contributed by atoms with van der Waals surface area (Å²) < 4.78 is 26.3. The Morgan fingerprint density at radius 2 is 1.66 bits per heavy atom. The van der Waals surface area contributed by atoms with Crippen LogP contribution >= 0.6 is 23.2 Å². The fraction of sp³-hybridized carbons (Fsp3) is 0.500. The Bertz CT molecular complexity index is 1190. The second-order valence-electron chi connectivity index (χ2n) is 9.91. The largest absolute Gasteiger partial charge is 0.352 e. The number of carbonyl (C=O) groups is 2. The molecule has 0 aliphatic heterocycles. The zero-order valence-corrected chi connectivity index (χ0v) is 24.6. The maximum absolute atomic E-state index is 13.6. The Kier molecular flexibility index (Phi) is 10.9. The first kappa shape index (κ1) is 30.3. The van der Waals surface area contributed by atoms with Gasteiger partial charge in [-0.2, -0.15) is 0 Å². The van der Waals surface area contributed by atoms with E-state index in [-0.39, 0.29) is 43.8 Å². The van der Waals surface area contributed by atoms with Crippen LogP contribution in [0.5, 0.6) is 0 Å². The molecular formula is C28H37Cl2N3O4S. The van der Waals surface area contributed by atoms with Crippen LogP contribution < -0.4 is 9.62 Å². The molecule has 1 N–H and O–H groups in total. The molecule has 2 aromatic carbocycles. The van der Waals surface area contributed by atoms with Crippen molar-refractivity contribution in [1.29, 1.82) is 0 Å². The average Bonchev–Trinajstić information content (AvgIpc) is 3.36. The summed E-state index contributed by atoms with van der Waals surface area (Å²) >= 11 is 12.8. The molecule has 0 unspecified atom stereocenters. The Labute approximate surface area is 236 Å². The van der Waals surface area contributed by atoms with Gasteiger partial charge in [0.25, 0.3) is 0 Å². The van der Waals surface area contributed by atoms with Crippen LogP contribution in [0.15, 0.2) is 42.5 Å². The molecule has 10 heteroatoms. The van der Waals surface area contributed by atoms with E-state index in [2.05, 4.69) is 5.32 Å². The topological polar surface area (TPSA) is 86.8 Å². The summed E-state index contributed by atoms with van der Waals surface area (Å²) in [6.45, 7) is 4.03. The number of benzene rings is 2. The zero-order valence-electron chi connectivity index (χ0n) is 22.3. The quantitative estimate of drug-likeness (QED) is 0.347. The fourth-order valence-corrected chi connectivity index (χ4v) is 6.34. The number of carbonyl (C=O) groups excluding carboxylic acids is 2.